The molecule has 0 radical (unpaired) electrons. The molecule has 1 fully saturated rings. The van der Waals surface area contributed by atoms with Gasteiger partial charge in [-0.1, -0.05) is 19.3 Å². The standard InChI is InChI=1S/C13H19N3O2S/c14-11-7-4-8-15-13(11)19(18)9-12(17)16-10-5-2-1-3-6-10/h4,7-8,10H,1-3,5-6,9,14H2,(H,16,17). The molecule has 104 valence electrons. The largest absolute Gasteiger partial charge is 0.396 e. The summed E-state index contributed by atoms with van der Waals surface area (Å²) in [6.07, 6.45) is 7.11. The minimum atomic E-state index is -1.48. The third-order valence-electron chi connectivity index (χ3n) is 3.25. The molecule has 1 aliphatic rings. The van der Waals surface area contributed by atoms with Crippen molar-refractivity contribution < 1.29 is 9.00 Å². The van der Waals surface area contributed by atoms with Crippen molar-refractivity contribution in [3.8, 4) is 0 Å². The van der Waals surface area contributed by atoms with E-state index in [0.717, 1.165) is 25.7 Å². The first-order valence-corrected chi connectivity index (χ1v) is 7.87. The van der Waals surface area contributed by atoms with E-state index in [-0.39, 0.29) is 17.7 Å². The van der Waals surface area contributed by atoms with Crippen molar-refractivity contribution in [2.45, 2.75) is 43.2 Å². The predicted octanol–water partition coefficient (Wildman–Crippen LogP) is 1.22. The Morgan fingerprint density at radius 3 is 2.84 bits per heavy atom. The van der Waals surface area contributed by atoms with Gasteiger partial charge in [-0.3, -0.25) is 9.00 Å². The minimum absolute atomic E-state index is 0.0717. The van der Waals surface area contributed by atoms with Gasteiger partial charge in [-0.2, -0.15) is 0 Å². The quantitative estimate of drug-likeness (QED) is 0.869. The van der Waals surface area contributed by atoms with Crippen LogP contribution in [0.15, 0.2) is 23.4 Å². The molecule has 19 heavy (non-hydrogen) atoms. The van der Waals surface area contributed by atoms with Crippen molar-refractivity contribution in [2.75, 3.05) is 11.5 Å². The zero-order chi connectivity index (χ0) is 13.7. The van der Waals surface area contributed by atoms with Crippen LogP contribution in [-0.2, 0) is 15.6 Å². The van der Waals surface area contributed by atoms with Gasteiger partial charge in [0.15, 0.2) is 5.03 Å². The van der Waals surface area contributed by atoms with E-state index in [1.807, 2.05) is 0 Å². The Morgan fingerprint density at radius 1 is 1.42 bits per heavy atom. The van der Waals surface area contributed by atoms with Gasteiger partial charge in [0.05, 0.1) is 16.5 Å². The Bertz CT molecular complexity index is 473. The van der Waals surface area contributed by atoms with Crippen LogP contribution in [-0.4, -0.2) is 26.9 Å². The summed E-state index contributed by atoms with van der Waals surface area (Å²) in [5.74, 6) is -0.257. The van der Waals surface area contributed by atoms with Crippen LogP contribution in [0, 0.1) is 0 Å². The molecule has 1 unspecified atom stereocenters. The molecular weight excluding hydrogens is 262 g/mol. The summed E-state index contributed by atoms with van der Waals surface area (Å²) < 4.78 is 12.0. The minimum Gasteiger partial charge on any atom is -0.396 e. The van der Waals surface area contributed by atoms with E-state index in [2.05, 4.69) is 10.3 Å². The second-order valence-corrected chi connectivity index (χ2v) is 6.16. The molecule has 6 heteroatoms. The molecule has 0 spiro atoms. The smallest absolute Gasteiger partial charge is 0.233 e. The summed E-state index contributed by atoms with van der Waals surface area (Å²) in [4.78, 5) is 15.8. The summed E-state index contributed by atoms with van der Waals surface area (Å²) in [5.41, 5.74) is 6.06. The number of hydrogen-bond acceptors (Lipinski definition) is 4. The average Bonchev–Trinajstić information content (AvgIpc) is 2.40. The number of nitrogen functional groups attached to an aromatic ring is 1. The van der Waals surface area contributed by atoms with E-state index in [4.69, 9.17) is 5.73 Å². The Morgan fingerprint density at radius 2 is 2.16 bits per heavy atom. The fourth-order valence-electron chi connectivity index (χ4n) is 2.30. The van der Waals surface area contributed by atoms with Crippen LogP contribution < -0.4 is 11.1 Å². The normalized spacial score (nSPS) is 17.9. The Kier molecular flexibility index (Phi) is 4.90. The van der Waals surface area contributed by atoms with E-state index in [1.54, 1.807) is 12.1 Å². The summed E-state index contributed by atoms with van der Waals surface area (Å²) in [6, 6.07) is 3.55. The first-order valence-electron chi connectivity index (χ1n) is 6.55. The highest BCUT2D eigenvalue weighted by molar-refractivity contribution is 7.85. The molecule has 0 aromatic carbocycles. The maximum absolute atomic E-state index is 12.0. The molecular formula is C13H19N3O2S. The van der Waals surface area contributed by atoms with Gasteiger partial charge in [0, 0.05) is 12.2 Å². The van der Waals surface area contributed by atoms with Gasteiger partial charge in [-0.25, -0.2) is 4.98 Å². The number of carbonyl (C=O) groups excluding carboxylic acids is 1. The van der Waals surface area contributed by atoms with Crippen molar-refractivity contribution in [1.29, 1.82) is 0 Å². The molecule has 0 bridgehead atoms. The number of amides is 1. The van der Waals surface area contributed by atoms with Gasteiger partial charge >= 0.3 is 0 Å². The predicted molar refractivity (Wildman–Crippen MR) is 74.9 cm³/mol. The maximum atomic E-state index is 12.0. The number of pyridine rings is 1. The summed E-state index contributed by atoms with van der Waals surface area (Å²) >= 11 is 0. The van der Waals surface area contributed by atoms with E-state index < -0.39 is 10.8 Å². The van der Waals surface area contributed by atoms with Gasteiger partial charge in [0.25, 0.3) is 0 Å². The van der Waals surface area contributed by atoms with Crippen molar-refractivity contribution >= 4 is 22.4 Å². The molecule has 1 aromatic heterocycles. The van der Waals surface area contributed by atoms with Crippen LogP contribution in [0.3, 0.4) is 0 Å². The van der Waals surface area contributed by atoms with Crippen LogP contribution >= 0.6 is 0 Å². The lowest BCUT2D eigenvalue weighted by Gasteiger charge is -2.22. The first-order chi connectivity index (χ1) is 9.16. The number of anilines is 1. The van der Waals surface area contributed by atoms with Gasteiger partial charge < -0.3 is 11.1 Å². The van der Waals surface area contributed by atoms with E-state index in [1.165, 1.54) is 12.6 Å². The highest BCUT2D eigenvalue weighted by Crippen LogP contribution is 2.17. The third-order valence-corrected chi connectivity index (χ3v) is 4.55. The number of rotatable bonds is 4. The molecule has 1 aromatic rings. The third kappa shape index (κ3) is 4.02. The molecule has 1 aliphatic carbocycles. The Balaban J connectivity index is 1.88. The molecule has 1 heterocycles. The number of nitrogens with two attached hydrogens (primary N) is 1. The van der Waals surface area contributed by atoms with Crippen molar-refractivity contribution in [2.24, 2.45) is 0 Å². The summed E-state index contributed by atoms with van der Waals surface area (Å²) in [7, 11) is -1.48. The number of carbonyl (C=O) groups is 1. The lowest BCUT2D eigenvalue weighted by molar-refractivity contribution is -0.119. The second-order valence-electron chi connectivity index (χ2n) is 4.79. The number of nitrogens with zero attached hydrogens (tertiary/aromatic N) is 1. The molecule has 1 atom stereocenters. The molecule has 1 amide bonds. The van der Waals surface area contributed by atoms with E-state index in [0.29, 0.717) is 10.7 Å². The molecule has 3 N–H and O–H groups in total. The van der Waals surface area contributed by atoms with E-state index in [9.17, 15) is 9.00 Å². The van der Waals surface area contributed by atoms with Crippen LogP contribution in [0.4, 0.5) is 5.69 Å². The van der Waals surface area contributed by atoms with Gasteiger partial charge in [-0.05, 0) is 25.0 Å². The van der Waals surface area contributed by atoms with Gasteiger partial charge in [-0.15, -0.1) is 0 Å². The van der Waals surface area contributed by atoms with Crippen LogP contribution in [0.25, 0.3) is 0 Å². The lowest BCUT2D eigenvalue weighted by Crippen LogP contribution is -2.38. The highest BCUT2D eigenvalue weighted by atomic mass is 32.2. The number of aromatic nitrogens is 1. The van der Waals surface area contributed by atoms with E-state index >= 15 is 0 Å². The van der Waals surface area contributed by atoms with Crippen LogP contribution in [0.5, 0.6) is 0 Å². The highest BCUT2D eigenvalue weighted by Gasteiger charge is 2.18. The molecule has 1 saturated carbocycles. The zero-order valence-corrected chi connectivity index (χ0v) is 11.6. The summed E-state index contributed by atoms with van der Waals surface area (Å²) in [6.45, 7) is 0. The van der Waals surface area contributed by atoms with Gasteiger partial charge in [0.2, 0.25) is 5.91 Å². The second kappa shape index (κ2) is 6.65. The number of hydrogen-bond donors (Lipinski definition) is 2. The Hall–Kier alpha value is -1.43. The monoisotopic (exact) mass is 281 g/mol. The fraction of sp³-hybridized carbons (Fsp3) is 0.538. The SMILES string of the molecule is Nc1cccnc1S(=O)CC(=O)NC1CCCCC1. The molecule has 0 saturated heterocycles. The number of nitrogens with one attached hydrogen (secondary N) is 1. The first kappa shape index (κ1) is 14.0. The molecule has 5 nitrogen and oxygen atoms in total. The van der Waals surface area contributed by atoms with Crippen molar-refractivity contribution in [1.82, 2.24) is 10.3 Å². The van der Waals surface area contributed by atoms with Crippen LogP contribution in [0.1, 0.15) is 32.1 Å². The van der Waals surface area contributed by atoms with Crippen molar-refractivity contribution in [3.63, 3.8) is 0 Å². The maximum Gasteiger partial charge on any atom is 0.233 e. The molecule has 2 rings (SSSR count). The summed E-state index contributed by atoms with van der Waals surface area (Å²) in [5, 5.41) is 3.23. The van der Waals surface area contributed by atoms with Crippen molar-refractivity contribution in [3.05, 3.63) is 18.3 Å². The topological polar surface area (TPSA) is 85.1 Å². The average molecular weight is 281 g/mol. The zero-order valence-electron chi connectivity index (χ0n) is 10.8. The Labute approximate surface area is 115 Å². The fourth-order valence-corrected chi connectivity index (χ4v) is 3.26. The molecule has 0 aliphatic heterocycles. The lowest BCUT2D eigenvalue weighted by atomic mass is 9.95. The van der Waals surface area contributed by atoms with Crippen LogP contribution in [0.2, 0.25) is 0 Å². The van der Waals surface area contributed by atoms with Gasteiger partial charge in [0.1, 0.15) is 5.75 Å².